The van der Waals surface area contributed by atoms with Crippen molar-refractivity contribution in [1.29, 1.82) is 5.41 Å². The average molecular weight is 234 g/mol. The van der Waals surface area contributed by atoms with E-state index in [9.17, 15) is 9.59 Å². The van der Waals surface area contributed by atoms with E-state index < -0.39 is 5.97 Å². The SMILES string of the molecule is COC(=O)c1nc(C)ccc1C(=O)CC(C)=N. The molecule has 0 amide bonds. The normalized spacial score (nSPS) is 9.82. The second-order valence-electron chi connectivity index (χ2n) is 3.72. The van der Waals surface area contributed by atoms with Gasteiger partial charge in [-0.3, -0.25) is 4.79 Å². The summed E-state index contributed by atoms with van der Waals surface area (Å²) in [4.78, 5) is 27.3. The first-order chi connectivity index (χ1) is 7.95. The zero-order valence-electron chi connectivity index (χ0n) is 10.0. The molecule has 0 atom stereocenters. The van der Waals surface area contributed by atoms with Gasteiger partial charge in [-0.05, 0) is 26.0 Å². The smallest absolute Gasteiger partial charge is 0.357 e. The number of carbonyl (C=O) groups is 2. The van der Waals surface area contributed by atoms with E-state index in [1.54, 1.807) is 19.1 Å². The van der Waals surface area contributed by atoms with Crippen LogP contribution in [0.3, 0.4) is 0 Å². The van der Waals surface area contributed by atoms with Crippen molar-refractivity contribution in [3.63, 3.8) is 0 Å². The molecular formula is C12H14N2O3. The Morgan fingerprint density at radius 2 is 2.06 bits per heavy atom. The summed E-state index contributed by atoms with van der Waals surface area (Å²) in [6.07, 6.45) is -0.0191. The number of Topliss-reactive ketones (excluding diaryl/α,β-unsaturated/α-hetero) is 1. The molecule has 1 aromatic rings. The van der Waals surface area contributed by atoms with Gasteiger partial charge in [-0.1, -0.05) is 0 Å². The summed E-state index contributed by atoms with van der Waals surface area (Å²) in [5.74, 6) is -0.940. The van der Waals surface area contributed by atoms with Gasteiger partial charge in [0.25, 0.3) is 0 Å². The fourth-order valence-corrected chi connectivity index (χ4v) is 1.37. The fraction of sp³-hybridized carbons (Fsp3) is 0.333. The lowest BCUT2D eigenvalue weighted by Crippen LogP contribution is -2.15. The van der Waals surface area contributed by atoms with E-state index in [4.69, 9.17) is 5.41 Å². The Balaban J connectivity index is 3.18. The van der Waals surface area contributed by atoms with Crippen LogP contribution in [0.2, 0.25) is 0 Å². The van der Waals surface area contributed by atoms with Crippen molar-refractivity contribution >= 4 is 17.5 Å². The molecule has 17 heavy (non-hydrogen) atoms. The van der Waals surface area contributed by atoms with Crippen molar-refractivity contribution < 1.29 is 14.3 Å². The Bertz CT molecular complexity index is 481. The number of hydrogen-bond acceptors (Lipinski definition) is 5. The van der Waals surface area contributed by atoms with Crippen molar-refractivity contribution in [1.82, 2.24) is 4.98 Å². The van der Waals surface area contributed by atoms with Crippen LogP contribution in [0, 0.1) is 12.3 Å². The van der Waals surface area contributed by atoms with Gasteiger partial charge in [-0.15, -0.1) is 0 Å². The van der Waals surface area contributed by atoms with Crippen LogP contribution in [0.4, 0.5) is 0 Å². The van der Waals surface area contributed by atoms with E-state index in [-0.39, 0.29) is 29.2 Å². The molecule has 0 aromatic carbocycles. The van der Waals surface area contributed by atoms with Gasteiger partial charge in [-0.2, -0.15) is 0 Å². The highest BCUT2D eigenvalue weighted by atomic mass is 16.5. The van der Waals surface area contributed by atoms with E-state index >= 15 is 0 Å². The minimum Gasteiger partial charge on any atom is -0.464 e. The van der Waals surface area contributed by atoms with E-state index in [0.717, 1.165) is 0 Å². The molecule has 1 heterocycles. The summed E-state index contributed by atoms with van der Waals surface area (Å²) in [7, 11) is 1.24. The molecule has 0 unspecified atom stereocenters. The van der Waals surface area contributed by atoms with Gasteiger partial charge in [0.15, 0.2) is 11.5 Å². The van der Waals surface area contributed by atoms with Gasteiger partial charge in [0, 0.05) is 17.8 Å². The van der Waals surface area contributed by atoms with Crippen LogP contribution in [0.15, 0.2) is 12.1 Å². The van der Waals surface area contributed by atoms with Crippen LogP contribution in [0.1, 0.15) is 39.9 Å². The van der Waals surface area contributed by atoms with Crippen molar-refractivity contribution in [3.05, 3.63) is 29.1 Å². The number of nitrogens with one attached hydrogen (secondary N) is 1. The van der Waals surface area contributed by atoms with Crippen LogP contribution in [-0.4, -0.2) is 29.6 Å². The number of carbonyl (C=O) groups excluding carboxylic acids is 2. The lowest BCUT2D eigenvalue weighted by atomic mass is 10.0. The first-order valence-electron chi connectivity index (χ1n) is 5.09. The third kappa shape index (κ3) is 3.21. The Morgan fingerprint density at radius 3 is 2.59 bits per heavy atom. The second-order valence-corrected chi connectivity index (χ2v) is 3.72. The molecule has 5 heteroatoms. The first-order valence-corrected chi connectivity index (χ1v) is 5.09. The Labute approximate surface area is 99.3 Å². The molecule has 0 aliphatic heterocycles. The Morgan fingerprint density at radius 1 is 1.41 bits per heavy atom. The predicted molar refractivity (Wildman–Crippen MR) is 62.7 cm³/mol. The zero-order chi connectivity index (χ0) is 13.0. The van der Waals surface area contributed by atoms with Gasteiger partial charge in [0.2, 0.25) is 0 Å². The summed E-state index contributed by atoms with van der Waals surface area (Å²) in [5, 5.41) is 7.28. The fourth-order valence-electron chi connectivity index (χ4n) is 1.37. The number of ketones is 1. The van der Waals surface area contributed by atoms with Crippen molar-refractivity contribution in [2.24, 2.45) is 0 Å². The first kappa shape index (κ1) is 13.0. The number of hydrogen-bond donors (Lipinski definition) is 1. The summed E-state index contributed by atoms with van der Waals surface area (Å²) in [5.41, 5.74) is 1.09. The van der Waals surface area contributed by atoms with Gasteiger partial charge in [0.1, 0.15) is 0 Å². The van der Waals surface area contributed by atoms with E-state index in [1.807, 2.05) is 0 Å². The third-order valence-electron chi connectivity index (χ3n) is 2.14. The van der Waals surface area contributed by atoms with Gasteiger partial charge < -0.3 is 10.1 Å². The summed E-state index contributed by atoms with van der Waals surface area (Å²) in [6, 6.07) is 3.19. The van der Waals surface area contributed by atoms with Crippen molar-refractivity contribution in [2.75, 3.05) is 7.11 Å². The average Bonchev–Trinajstić information content (AvgIpc) is 2.26. The summed E-state index contributed by atoms with van der Waals surface area (Å²) >= 11 is 0. The zero-order valence-corrected chi connectivity index (χ0v) is 10.0. The van der Waals surface area contributed by atoms with Crippen LogP contribution in [-0.2, 0) is 4.74 Å². The number of esters is 1. The quantitative estimate of drug-likeness (QED) is 0.489. The number of aryl methyl sites for hydroxylation is 1. The molecule has 90 valence electrons. The highest BCUT2D eigenvalue weighted by Crippen LogP contribution is 2.12. The van der Waals surface area contributed by atoms with Gasteiger partial charge in [0.05, 0.1) is 12.7 Å². The van der Waals surface area contributed by atoms with Crippen LogP contribution < -0.4 is 0 Å². The molecule has 0 fully saturated rings. The topological polar surface area (TPSA) is 80.1 Å². The largest absolute Gasteiger partial charge is 0.464 e. The predicted octanol–water partition coefficient (Wildman–Crippen LogP) is 1.79. The molecular weight excluding hydrogens is 220 g/mol. The molecule has 0 aliphatic rings. The van der Waals surface area contributed by atoms with E-state index in [0.29, 0.717) is 5.69 Å². The van der Waals surface area contributed by atoms with E-state index in [1.165, 1.54) is 14.0 Å². The lowest BCUT2D eigenvalue weighted by Gasteiger charge is -2.06. The highest BCUT2D eigenvalue weighted by molar-refractivity contribution is 6.12. The number of nitrogens with zero attached hydrogens (tertiary/aromatic N) is 1. The van der Waals surface area contributed by atoms with Crippen LogP contribution in [0.25, 0.3) is 0 Å². The third-order valence-corrected chi connectivity index (χ3v) is 2.14. The standard InChI is InChI=1S/C12H14N2O3/c1-7(13)6-10(15)9-5-4-8(2)14-11(9)12(16)17-3/h4-5,13H,6H2,1-3H3. The number of pyridine rings is 1. The maximum absolute atomic E-state index is 11.8. The number of rotatable bonds is 4. The minimum absolute atomic E-state index is 0.0127. The maximum atomic E-state index is 11.8. The Kier molecular flexibility index (Phi) is 4.09. The second kappa shape index (κ2) is 5.34. The monoisotopic (exact) mass is 234 g/mol. The summed E-state index contributed by atoms with van der Waals surface area (Å²) < 4.78 is 4.58. The summed E-state index contributed by atoms with van der Waals surface area (Å²) in [6.45, 7) is 3.26. The van der Waals surface area contributed by atoms with Crippen molar-refractivity contribution in [3.8, 4) is 0 Å². The van der Waals surface area contributed by atoms with Gasteiger partial charge >= 0.3 is 5.97 Å². The molecule has 0 aliphatic carbocycles. The molecule has 1 aromatic heterocycles. The molecule has 1 rings (SSSR count). The molecule has 0 saturated heterocycles. The van der Waals surface area contributed by atoms with Gasteiger partial charge in [-0.25, -0.2) is 9.78 Å². The number of ether oxygens (including phenoxy) is 1. The molecule has 0 radical (unpaired) electrons. The molecule has 0 bridgehead atoms. The molecule has 1 N–H and O–H groups in total. The van der Waals surface area contributed by atoms with Crippen LogP contribution >= 0.6 is 0 Å². The molecule has 0 spiro atoms. The van der Waals surface area contributed by atoms with Crippen LogP contribution in [0.5, 0.6) is 0 Å². The molecule has 0 saturated carbocycles. The highest BCUT2D eigenvalue weighted by Gasteiger charge is 2.19. The minimum atomic E-state index is -0.639. The number of aromatic nitrogens is 1. The molecule has 5 nitrogen and oxygen atoms in total. The maximum Gasteiger partial charge on any atom is 0.357 e. The van der Waals surface area contributed by atoms with Crippen molar-refractivity contribution in [2.45, 2.75) is 20.3 Å². The lowest BCUT2D eigenvalue weighted by molar-refractivity contribution is 0.0590. The Hall–Kier alpha value is -2.04. The van der Waals surface area contributed by atoms with E-state index in [2.05, 4.69) is 9.72 Å². The number of methoxy groups -OCH3 is 1.